The van der Waals surface area contributed by atoms with Crippen molar-refractivity contribution in [1.82, 2.24) is 9.80 Å². The van der Waals surface area contributed by atoms with Crippen LogP contribution in [0.3, 0.4) is 0 Å². The molecule has 35 heavy (non-hydrogen) atoms. The Kier molecular flexibility index (Phi) is 8.22. The van der Waals surface area contributed by atoms with Gasteiger partial charge in [0.05, 0.1) is 19.1 Å². The SMILES string of the molecule is Cc1cc(CN(CC(C)C)C(=O)[C@@H]2CCN(Cc3cccc(N(C)C)c3)C2)cc2c1OCCCO2. The minimum atomic E-state index is 0.0484. The number of hydrogen-bond donors (Lipinski definition) is 0. The lowest BCUT2D eigenvalue weighted by atomic mass is 10.0. The fourth-order valence-electron chi connectivity index (χ4n) is 5.13. The molecule has 0 aromatic heterocycles. The largest absolute Gasteiger partial charge is 0.490 e. The number of ether oxygens (including phenoxy) is 2. The van der Waals surface area contributed by atoms with Crippen LogP contribution in [0.4, 0.5) is 5.69 Å². The second-order valence-electron chi connectivity index (χ2n) is 10.7. The van der Waals surface area contributed by atoms with E-state index in [0.29, 0.717) is 25.7 Å². The van der Waals surface area contributed by atoms with Crippen LogP contribution in [0.1, 0.15) is 43.4 Å². The van der Waals surface area contributed by atoms with Crippen LogP contribution in [-0.4, -0.2) is 62.7 Å². The molecular formula is C29H41N3O3. The maximum Gasteiger partial charge on any atom is 0.227 e. The molecule has 2 aliphatic heterocycles. The summed E-state index contributed by atoms with van der Waals surface area (Å²) in [6.45, 7) is 11.8. The maximum atomic E-state index is 13.7. The van der Waals surface area contributed by atoms with Gasteiger partial charge in [0, 0.05) is 52.4 Å². The Labute approximate surface area is 210 Å². The number of aryl methyl sites for hydroxylation is 1. The highest BCUT2D eigenvalue weighted by atomic mass is 16.5. The number of benzene rings is 2. The average molecular weight is 480 g/mol. The number of anilines is 1. The van der Waals surface area contributed by atoms with Gasteiger partial charge in [-0.1, -0.05) is 32.0 Å². The van der Waals surface area contributed by atoms with E-state index in [1.54, 1.807) is 0 Å². The number of fused-ring (bicyclic) bond motifs is 1. The van der Waals surface area contributed by atoms with Gasteiger partial charge >= 0.3 is 0 Å². The lowest BCUT2D eigenvalue weighted by Crippen LogP contribution is -2.39. The summed E-state index contributed by atoms with van der Waals surface area (Å²) in [6.07, 6.45) is 1.81. The zero-order valence-corrected chi connectivity index (χ0v) is 22.0. The molecule has 0 N–H and O–H groups in total. The first-order chi connectivity index (χ1) is 16.8. The van der Waals surface area contributed by atoms with Gasteiger partial charge in [-0.25, -0.2) is 0 Å². The highest BCUT2D eigenvalue weighted by molar-refractivity contribution is 5.79. The lowest BCUT2D eigenvalue weighted by Gasteiger charge is -2.28. The fraction of sp³-hybridized carbons (Fsp3) is 0.552. The Balaban J connectivity index is 1.43. The van der Waals surface area contributed by atoms with Gasteiger partial charge in [-0.2, -0.15) is 0 Å². The van der Waals surface area contributed by atoms with Crippen LogP contribution in [0.2, 0.25) is 0 Å². The number of carbonyl (C=O) groups is 1. The molecule has 1 atom stereocenters. The van der Waals surface area contributed by atoms with E-state index in [1.165, 1.54) is 11.3 Å². The van der Waals surface area contributed by atoms with Crippen LogP contribution in [0, 0.1) is 18.8 Å². The van der Waals surface area contributed by atoms with Crippen molar-refractivity contribution < 1.29 is 14.3 Å². The van der Waals surface area contributed by atoms with E-state index in [2.05, 4.69) is 86.0 Å². The minimum absolute atomic E-state index is 0.0484. The predicted octanol–water partition coefficient (Wildman–Crippen LogP) is 4.73. The number of nitrogens with zero attached hydrogens (tertiary/aromatic N) is 3. The Morgan fingerprint density at radius 2 is 1.91 bits per heavy atom. The van der Waals surface area contributed by atoms with Crippen molar-refractivity contribution in [2.45, 2.75) is 46.7 Å². The standard InChI is InChI=1S/C29H41N3O3/c1-21(2)17-32(19-24-14-22(3)28-27(16-24)34-12-7-13-35-28)29(33)25-10-11-31(20-25)18-23-8-6-9-26(15-23)30(4)5/h6,8-9,14-16,21,25H,7,10-13,17-20H2,1-5H3/t25-/m1/s1. The molecule has 2 aromatic carbocycles. The predicted molar refractivity (Wildman–Crippen MR) is 141 cm³/mol. The van der Waals surface area contributed by atoms with Gasteiger partial charge in [0.25, 0.3) is 0 Å². The van der Waals surface area contributed by atoms with Crippen LogP contribution < -0.4 is 14.4 Å². The minimum Gasteiger partial charge on any atom is -0.490 e. The third-order valence-electron chi connectivity index (χ3n) is 6.82. The summed E-state index contributed by atoms with van der Waals surface area (Å²) in [4.78, 5) is 20.3. The molecular weight excluding hydrogens is 438 g/mol. The molecule has 1 amide bonds. The molecule has 2 aromatic rings. The van der Waals surface area contributed by atoms with Crippen molar-refractivity contribution in [2.24, 2.45) is 11.8 Å². The molecule has 0 radical (unpaired) electrons. The number of hydrogen-bond acceptors (Lipinski definition) is 5. The van der Waals surface area contributed by atoms with Gasteiger partial charge in [-0.15, -0.1) is 0 Å². The molecule has 4 rings (SSSR count). The number of carbonyl (C=O) groups excluding carboxylic acids is 1. The molecule has 0 unspecified atom stereocenters. The van der Waals surface area contributed by atoms with E-state index in [-0.39, 0.29) is 11.8 Å². The van der Waals surface area contributed by atoms with Gasteiger partial charge in [0.2, 0.25) is 5.91 Å². The van der Waals surface area contributed by atoms with E-state index in [4.69, 9.17) is 9.47 Å². The Morgan fingerprint density at radius 1 is 1.11 bits per heavy atom. The summed E-state index contributed by atoms with van der Waals surface area (Å²) in [5, 5.41) is 0. The first-order valence-corrected chi connectivity index (χ1v) is 13.0. The van der Waals surface area contributed by atoms with Crippen LogP contribution >= 0.6 is 0 Å². The summed E-state index contributed by atoms with van der Waals surface area (Å²) < 4.78 is 11.8. The Bertz CT molecular complexity index is 1020. The second kappa shape index (κ2) is 11.3. The van der Waals surface area contributed by atoms with Crippen molar-refractivity contribution in [3.63, 3.8) is 0 Å². The summed E-state index contributed by atoms with van der Waals surface area (Å²) >= 11 is 0. The molecule has 2 heterocycles. The summed E-state index contributed by atoms with van der Waals surface area (Å²) in [5.41, 5.74) is 4.69. The first kappa shape index (κ1) is 25.4. The summed E-state index contributed by atoms with van der Waals surface area (Å²) in [5.74, 6) is 2.38. The zero-order valence-electron chi connectivity index (χ0n) is 22.0. The van der Waals surface area contributed by atoms with E-state index >= 15 is 0 Å². The smallest absolute Gasteiger partial charge is 0.227 e. The summed E-state index contributed by atoms with van der Waals surface area (Å²) in [6, 6.07) is 12.9. The normalized spacial score (nSPS) is 17.9. The number of rotatable bonds is 8. The number of amides is 1. The van der Waals surface area contributed by atoms with E-state index in [1.807, 2.05) is 0 Å². The van der Waals surface area contributed by atoms with Crippen molar-refractivity contribution in [3.8, 4) is 11.5 Å². The molecule has 1 saturated heterocycles. The third-order valence-corrected chi connectivity index (χ3v) is 6.82. The molecule has 6 heteroatoms. The van der Waals surface area contributed by atoms with E-state index < -0.39 is 0 Å². The first-order valence-electron chi connectivity index (χ1n) is 13.0. The molecule has 190 valence electrons. The van der Waals surface area contributed by atoms with Gasteiger partial charge in [-0.3, -0.25) is 9.69 Å². The highest BCUT2D eigenvalue weighted by Gasteiger charge is 2.32. The van der Waals surface area contributed by atoms with Gasteiger partial charge in [-0.05, 0) is 60.7 Å². The molecule has 2 aliphatic rings. The zero-order chi connectivity index (χ0) is 24.9. The Morgan fingerprint density at radius 3 is 2.69 bits per heavy atom. The molecule has 0 bridgehead atoms. The average Bonchev–Trinajstić information content (AvgIpc) is 3.14. The maximum absolute atomic E-state index is 13.7. The highest BCUT2D eigenvalue weighted by Crippen LogP contribution is 2.35. The summed E-state index contributed by atoms with van der Waals surface area (Å²) in [7, 11) is 4.13. The molecule has 6 nitrogen and oxygen atoms in total. The van der Waals surface area contributed by atoms with Crippen molar-refractivity contribution in [3.05, 3.63) is 53.1 Å². The van der Waals surface area contributed by atoms with Gasteiger partial charge in [0.15, 0.2) is 11.5 Å². The van der Waals surface area contributed by atoms with Crippen molar-refractivity contribution in [2.75, 3.05) is 51.8 Å². The monoisotopic (exact) mass is 479 g/mol. The van der Waals surface area contributed by atoms with E-state index in [0.717, 1.165) is 61.6 Å². The van der Waals surface area contributed by atoms with E-state index in [9.17, 15) is 4.79 Å². The van der Waals surface area contributed by atoms with Crippen LogP contribution in [0.15, 0.2) is 36.4 Å². The molecule has 0 saturated carbocycles. The Hall–Kier alpha value is -2.73. The quantitative estimate of drug-likeness (QED) is 0.548. The van der Waals surface area contributed by atoms with Crippen molar-refractivity contribution >= 4 is 11.6 Å². The fourth-order valence-corrected chi connectivity index (χ4v) is 5.13. The van der Waals surface area contributed by atoms with Crippen LogP contribution in [0.25, 0.3) is 0 Å². The number of likely N-dealkylation sites (tertiary alicyclic amines) is 1. The lowest BCUT2D eigenvalue weighted by molar-refractivity contribution is -0.136. The topological polar surface area (TPSA) is 45.3 Å². The molecule has 0 aliphatic carbocycles. The second-order valence-corrected chi connectivity index (χ2v) is 10.7. The molecule has 0 spiro atoms. The van der Waals surface area contributed by atoms with Gasteiger partial charge in [0.1, 0.15) is 0 Å². The van der Waals surface area contributed by atoms with Crippen LogP contribution in [0.5, 0.6) is 11.5 Å². The van der Waals surface area contributed by atoms with Gasteiger partial charge < -0.3 is 19.3 Å². The van der Waals surface area contributed by atoms with Crippen LogP contribution in [-0.2, 0) is 17.9 Å². The molecule has 1 fully saturated rings. The third kappa shape index (κ3) is 6.49. The van der Waals surface area contributed by atoms with Crippen molar-refractivity contribution in [1.29, 1.82) is 0 Å².